The third-order valence-electron chi connectivity index (χ3n) is 4.20. The van der Waals surface area contributed by atoms with Gasteiger partial charge >= 0.3 is 0 Å². The van der Waals surface area contributed by atoms with E-state index in [4.69, 9.17) is 15.7 Å². The molecule has 2 N–H and O–H groups in total. The lowest BCUT2D eigenvalue weighted by Gasteiger charge is -2.27. The van der Waals surface area contributed by atoms with Gasteiger partial charge in [0.15, 0.2) is 0 Å². The highest BCUT2D eigenvalue weighted by Gasteiger charge is 2.25. The molecular weight excluding hydrogens is 250 g/mol. The lowest BCUT2D eigenvalue weighted by molar-refractivity contribution is 0.219. The van der Waals surface area contributed by atoms with Crippen LogP contribution in [-0.4, -0.2) is 60.0 Å². The van der Waals surface area contributed by atoms with Gasteiger partial charge in [-0.05, 0) is 66.0 Å². The molecule has 1 saturated heterocycles. The van der Waals surface area contributed by atoms with Crippen molar-refractivity contribution in [3.05, 3.63) is 22.8 Å². The summed E-state index contributed by atoms with van der Waals surface area (Å²) < 4.78 is 0. The Labute approximate surface area is 122 Å². The molecule has 1 fully saturated rings. The van der Waals surface area contributed by atoms with Gasteiger partial charge in [0.25, 0.3) is 0 Å². The van der Waals surface area contributed by atoms with E-state index in [2.05, 4.69) is 37.7 Å². The molecule has 1 aromatic rings. The summed E-state index contributed by atoms with van der Waals surface area (Å²) in [5.41, 5.74) is 9.04. The second-order valence-corrected chi connectivity index (χ2v) is 5.88. The molecule has 2 rings (SSSR count). The molecule has 1 aromatic heterocycles. The van der Waals surface area contributed by atoms with E-state index in [9.17, 15) is 0 Å². The predicted octanol–water partition coefficient (Wildman–Crippen LogP) is 0.903. The fourth-order valence-corrected chi connectivity index (χ4v) is 2.97. The Kier molecular flexibility index (Phi) is 5.07. The van der Waals surface area contributed by atoms with Crippen LogP contribution in [0, 0.1) is 13.8 Å². The third-order valence-corrected chi connectivity index (χ3v) is 4.20. The monoisotopic (exact) mass is 277 g/mol. The van der Waals surface area contributed by atoms with E-state index < -0.39 is 0 Å². The predicted molar refractivity (Wildman–Crippen MR) is 81.7 cm³/mol. The van der Waals surface area contributed by atoms with Crippen LogP contribution in [0.15, 0.2) is 0 Å². The van der Waals surface area contributed by atoms with Crippen molar-refractivity contribution in [2.75, 3.05) is 40.3 Å². The Morgan fingerprint density at radius 1 is 1.15 bits per heavy atom. The lowest BCUT2D eigenvalue weighted by atomic mass is 10.1. The van der Waals surface area contributed by atoms with Crippen LogP contribution in [-0.2, 0) is 6.42 Å². The highest BCUT2D eigenvalue weighted by atomic mass is 15.2. The maximum absolute atomic E-state index is 5.67. The van der Waals surface area contributed by atoms with Gasteiger partial charge in [-0.25, -0.2) is 9.97 Å². The van der Waals surface area contributed by atoms with Crippen LogP contribution in [0.25, 0.3) is 0 Å². The van der Waals surface area contributed by atoms with Gasteiger partial charge in [-0.2, -0.15) is 0 Å². The van der Waals surface area contributed by atoms with Crippen molar-refractivity contribution in [1.82, 2.24) is 19.8 Å². The second-order valence-electron chi connectivity index (χ2n) is 5.88. The van der Waals surface area contributed by atoms with Crippen LogP contribution >= 0.6 is 0 Å². The Balaban J connectivity index is 2.31. The molecule has 0 bridgehead atoms. The number of nitrogens with two attached hydrogens (primary N) is 1. The molecule has 112 valence electrons. The van der Waals surface area contributed by atoms with Crippen molar-refractivity contribution in [3.63, 3.8) is 0 Å². The molecule has 0 radical (unpaired) electrons. The van der Waals surface area contributed by atoms with Gasteiger partial charge in [-0.15, -0.1) is 0 Å². The number of nitrogens with zero attached hydrogens (tertiary/aromatic N) is 4. The minimum atomic E-state index is 0.284. The maximum Gasteiger partial charge on any atom is 0.147 e. The number of aryl methyl sites for hydroxylation is 2. The molecule has 0 saturated carbocycles. The fraction of sp³-hybridized carbons (Fsp3) is 0.733. The Morgan fingerprint density at radius 3 is 2.40 bits per heavy atom. The number of hydrogen-bond donors (Lipinski definition) is 1. The van der Waals surface area contributed by atoms with Gasteiger partial charge in [-0.1, -0.05) is 0 Å². The summed E-state index contributed by atoms with van der Waals surface area (Å²) >= 11 is 0. The molecule has 2 heterocycles. The van der Waals surface area contributed by atoms with Crippen LogP contribution in [0.3, 0.4) is 0 Å². The molecule has 1 atom stereocenters. The first-order chi connectivity index (χ1) is 9.52. The first-order valence-electron chi connectivity index (χ1n) is 7.45. The molecular formula is C15H27N5. The van der Waals surface area contributed by atoms with E-state index in [-0.39, 0.29) is 6.04 Å². The van der Waals surface area contributed by atoms with Gasteiger partial charge in [-0.3, -0.25) is 4.90 Å². The highest BCUT2D eigenvalue weighted by Crippen LogP contribution is 2.22. The SMILES string of the molecule is Cc1nc(C2CN(C)CCCN2C)nc(C)c1CCN. The van der Waals surface area contributed by atoms with E-state index >= 15 is 0 Å². The van der Waals surface area contributed by atoms with Crippen LogP contribution in [0.4, 0.5) is 0 Å². The minimum absolute atomic E-state index is 0.284. The van der Waals surface area contributed by atoms with Crippen LogP contribution in [0.5, 0.6) is 0 Å². The van der Waals surface area contributed by atoms with Crippen molar-refractivity contribution in [2.24, 2.45) is 5.73 Å². The molecule has 0 aromatic carbocycles. The number of aromatic nitrogens is 2. The topological polar surface area (TPSA) is 58.3 Å². The Hall–Kier alpha value is -1.04. The van der Waals surface area contributed by atoms with Crippen molar-refractivity contribution < 1.29 is 0 Å². The molecule has 5 heteroatoms. The summed E-state index contributed by atoms with van der Waals surface area (Å²) in [6.45, 7) is 8.03. The average molecular weight is 277 g/mol. The summed E-state index contributed by atoms with van der Waals surface area (Å²) in [4.78, 5) is 14.3. The largest absolute Gasteiger partial charge is 0.330 e. The molecule has 0 spiro atoms. The summed E-state index contributed by atoms with van der Waals surface area (Å²) in [6.07, 6.45) is 2.06. The van der Waals surface area contributed by atoms with Gasteiger partial charge in [0, 0.05) is 17.9 Å². The molecule has 0 aliphatic carbocycles. The van der Waals surface area contributed by atoms with Gasteiger partial charge < -0.3 is 10.6 Å². The zero-order chi connectivity index (χ0) is 14.7. The minimum Gasteiger partial charge on any atom is -0.330 e. The van der Waals surface area contributed by atoms with Crippen molar-refractivity contribution in [1.29, 1.82) is 0 Å². The van der Waals surface area contributed by atoms with Gasteiger partial charge in [0.2, 0.25) is 0 Å². The van der Waals surface area contributed by atoms with Gasteiger partial charge in [0.05, 0.1) is 6.04 Å². The smallest absolute Gasteiger partial charge is 0.147 e. The van der Waals surface area contributed by atoms with Gasteiger partial charge in [0.1, 0.15) is 5.82 Å². The summed E-state index contributed by atoms with van der Waals surface area (Å²) in [5, 5.41) is 0. The van der Waals surface area contributed by atoms with E-state index in [0.717, 1.165) is 43.3 Å². The lowest BCUT2D eigenvalue weighted by Crippen LogP contribution is -2.32. The molecule has 5 nitrogen and oxygen atoms in total. The van der Waals surface area contributed by atoms with Crippen LogP contribution in [0.2, 0.25) is 0 Å². The van der Waals surface area contributed by atoms with Crippen molar-refractivity contribution in [2.45, 2.75) is 32.7 Å². The number of hydrogen-bond acceptors (Lipinski definition) is 5. The maximum atomic E-state index is 5.67. The fourth-order valence-electron chi connectivity index (χ4n) is 2.97. The molecule has 0 amide bonds. The zero-order valence-electron chi connectivity index (χ0n) is 13.2. The molecule has 1 aliphatic heterocycles. The summed E-state index contributed by atoms with van der Waals surface area (Å²) in [6, 6.07) is 0.284. The second kappa shape index (κ2) is 6.61. The number of rotatable bonds is 3. The van der Waals surface area contributed by atoms with E-state index in [0.29, 0.717) is 6.54 Å². The van der Waals surface area contributed by atoms with Crippen molar-refractivity contribution in [3.8, 4) is 0 Å². The quantitative estimate of drug-likeness (QED) is 0.889. The van der Waals surface area contributed by atoms with E-state index in [1.807, 2.05) is 0 Å². The first-order valence-corrected chi connectivity index (χ1v) is 7.45. The molecule has 20 heavy (non-hydrogen) atoms. The Morgan fingerprint density at radius 2 is 1.80 bits per heavy atom. The Bertz CT molecular complexity index is 437. The molecule has 1 aliphatic rings. The standard InChI is InChI=1S/C15H27N5/c1-11-13(6-7-16)12(2)18-15(17-11)14-10-19(3)8-5-9-20(14)4/h14H,5-10,16H2,1-4H3. The molecule has 1 unspecified atom stereocenters. The normalized spacial score (nSPS) is 21.9. The summed E-state index contributed by atoms with van der Waals surface area (Å²) in [7, 11) is 4.35. The summed E-state index contributed by atoms with van der Waals surface area (Å²) in [5.74, 6) is 0.956. The average Bonchev–Trinajstić information content (AvgIpc) is 2.55. The van der Waals surface area contributed by atoms with E-state index in [1.54, 1.807) is 0 Å². The highest BCUT2D eigenvalue weighted by molar-refractivity contribution is 5.25. The van der Waals surface area contributed by atoms with Crippen LogP contribution in [0.1, 0.15) is 35.2 Å². The van der Waals surface area contributed by atoms with Crippen LogP contribution < -0.4 is 5.73 Å². The van der Waals surface area contributed by atoms with Crippen molar-refractivity contribution >= 4 is 0 Å². The van der Waals surface area contributed by atoms with E-state index in [1.165, 1.54) is 12.0 Å². The first kappa shape index (κ1) is 15.4. The number of likely N-dealkylation sites (N-methyl/N-ethyl adjacent to an activating group) is 2. The zero-order valence-corrected chi connectivity index (χ0v) is 13.2. The third kappa shape index (κ3) is 3.34.